The lowest BCUT2D eigenvalue weighted by Crippen LogP contribution is -2.21. The summed E-state index contributed by atoms with van der Waals surface area (Å²) < 4.78 is 118. The molecule has 4 rings (SSSR count). The van der Waals surface area contributed by atoms with E-state index in [2.05, 4.69) is 148 Å². The molecule has 18 heteroatoms. The van der Waals surface area contributed by atoms with Crippen molar-refractivity contribution >= 4 is 70.6 Å². The largest absolute Gasteiger partial charge is 0.741 e. The zero-order valence-electron chi connectivity index (χ0n) is 26.6. The average molecular weight is 805 g/mol. The van der Waals surface area contributed by atoms with Crippen molar-refractivity contribution in [3.05, 3.63) is 121 Å². The van der Waals surface area contributed by atoms with Crippen molar-refractivity contribution in [3.63, 3.8) is 0 Å². The average Bonchev–Trinajstić information content (AvgIpc) is 2.97. The van der Waals surface area contributed by atoms with Gasteiger partial charge < -0.3 is 9.11 Å². The Labute approximate surface area is 286 Å². The molecule has 0 fully saturated rings. The molecule has 0 spiro atoms. The van der Waals surface area contributed by atoms with Crippen LogP contribution in [0.25, 0.3) is 0 Å². The van der Waals surface area contributed by atoms with Crippen LogP contribution in [-0.4, -0.2) is 69.5 Å². The number of hydrogen-bond donors (Lipinski definition) is 0. The van der Waals surface area contributed by atoms with Crippen LogP contribution in [0.15, 0.2) is 121 Å². The summed E-state index contributed by atoms with van der Waals surface area (Å²) in [7, 11) is -12.9. The van der Waals surface area contributed by atoms with Gasteiger partial charge >= 0.3 is 11.0 Å². The second-order valence-corrected chi connectivity index (χ2v) is 33.7. The van der Waals surface area contributed by atoms with Crippen LogP contribution in [0.3, 0.4) is 0 Å². The molecule has 0 atom stereocenters. The molecule has 0 amide bonds. The zero-order valence-corrected chi connectivity index (χ0v) is 31.8. The van der Waals surface area contributed by atoms with E-state index in [1.165, 1.54) is 27.1 Å². The van der Waals surface area contributed by atoms with Crippen LogP contribution in [-0.2, 0) is 20.2 Å². The highest BCUT2D eigenvalue weighted by molar-refractivity contribution is 8.52. The van der Waals surface area contributed by atoms with E-state index in [1.807, 2.05) is 0 Å². The highest BCUT2D eigenvalue weighted by Gasteiger charge is 2.52. The summed E-state index contributed by atoms with van der Waals surface area (Å²) in [6.07, 6.45) is 0. The van der Waals surface area contributed by atoms with Crippen LogP contribution in [0, 0.1) is 0 Å². The minimum Gasteiger partial charge on any atom is -0.741 e. The number of hydrogen-bond acceptors (Lipinski definition) is 6. The van der Waals surface area contributed by atoms with Crippen LogP contribution in [0.1, 0.15) is 0 Å². The number of alkyl halides is 6. The monoisotopic (exact) mass is 804 g/mol. The number of benzene rings is 4. The van der Waals surface area contributed by atoms with Crippen LogP contribution < -0.4 is 21.2 Å². The predicted molar refractivity (Wildman–Crippen MR) is 192 cm³/mol. The van der Waals surface area contributed by atoms with E-state index in [-0.39, 0.29) is 15.2 Å². The Balaban J connectivity index is 0.000000432. The van der Waals surface area contributed by atoms with E-state index in [9.17, 15) is 26.3 Å². The van der Waals surface area contributed by atoms with Gasteiger partial charge in [-0.05, 0) is 0 Å². The van der Waals surface area contributed by atoms with Gasteiger partial charge in [0.2, 0.25) is 0 Å². The maximum absolute atomic E-state index is 10.7. The van der Waals surface area contributed by atoms with Gasteiger partial charge in [0.1, 0.15) is 15.2 Å². The Hall–Kier alpha value is -2.00. The van der Waals surface area contributed by atoms with Gasteiger partial charge in [-0.1, -0.05) is 121 Å². The van der Waals surface area contributed by atoms with E-state index in [0.717, 1.165) is 0 Å². The van der Waals surface area contributed by atoms with Crippen molar-refractivity contribution in [2.24, 2.45) is 0 Å². The van der Waals surface area contributed by atoms with Crippen LogP contribution in [0.4, 0.5) is 26.3 Å². The molecule has 6 nitrogen and oxygen atoms in total. The first-order valence-electron chi connectivity index (χ1n) is 13.9. The van der Waals surface area contributed by atoms with Gasteiger partial charge in [0, 0.05) is 21.2 Å². The standard InChI is InChI=1S/C29H34P4.2CHF3O3S/c1-32(2,30(26-17-9-5-10-18-26)27-19-11-6-12-20-27)25-33(3,4)31(28-21-13-7-14-22-28)29-23-15-8-16-24-29;2*2-1(3,4)8(5,6)7/h5-24H,25H2,1-4H3;2*(H,5,6,7)/q+2;;/p-2. The third kappa shape index (κ3) is 13.2. The molecule has 0 aliphatic carbocycles. The minimum absolute atomic E-state index is 0.372. The number of halogens is 6. The van der Waals surface area contributed by atoms with E-state index in [1.54, 1.807) is 0 Å². The molecule has 4 aromatic carbocycles. The Kier molecular flexibility index (Phi) is 15.4. The number of rotatable bonds is 8. The fourth-order valence-electron chi connectivity index (χ4n) is 4.80. The molecule has 0 aliphatic heterocycles. The molecule has 0 N–H and O–H groups in total. The van der Waals surface area contributed by atoms with Crippen molar-refractivity contribution < 1.29 is 52.3 Å². The topological polar surface area (TPSA) is 114 Å². The van der Waals surface area contributed by atoms with Crippen molar-refractivity contribution in [1.29, 1.82) is 0 Å². The second-order valence-electron chi connectivity index (χ2n) is 11.1. The fourth-order valence-corrected chi connectivity index (χ4v) is 35.5. The summed E-state index contributed by atoms with van der Waals surface area (Å²) in [6, 6.07) is 45.2. The van der Waals surface area contributed by atoms with Gasteiger partial charge in [-0.25, -0.2) is 16.8 Å². The summed E-state index contributed by atoms with van der Waals surface area (Å²) in [5.41, 5.74) is -11.3. The van der Waals surface area contributed by atoms with Crippen LogP contribution in [0.2, 0.25) is 0 Å². The van der Waals surface area contributed by atoms with Gasteiger partial charge in [0.15, 0.2) is 26.1 Å². The second kappa shape index (κ2) is 17.5. The third-order valence-electron chi connectivity index (χ3n) is 6.35. The highest BCUT2D eigenvalue weighted by atomic mass is 32.2. The highest BCUT2D eigenvalue weighted by Crippen LogP contribution is 2.91. The molecule has 49 heavy (non-hydrogen) atoms. The molecule has 0 saturated heterocycles. The Morgan fingerprint density at radius 3 is 0.776 bits per heavy atom. The lowest BCUT2D eigenvalue weighted by Gasteiger charge is -2.34. The fraction of sp³-hybridized carbons (Fsp3) is 0.226. The maximum atomic E-state index is 10.7. The molecule has 0 heterocycles. The molecule has 0 aromatic heterocycles. The summed E-state index contributed by atoms with van der Waals surface area (Å²) in [4.78, 5) is 0. The molecular weight excluding hydrogens is 770 g/mol. The predicted octanol–water partition coefficient (Wildman–Crippen LogP) is 7.70. The van der Waals surface area contributed by atoms with Crippen LogP contribution in [0.5, 0.6) is 0 Å². The zero-order chi connectivity index (χ0) is 37.3. The first kappa shape index (κ1) is 43.2. The van der Waals surface area contributed by atoms with Gasteiger partial charge in [0.25, 0.3) is 0 Å². The van der Waals surface area contributed by atoms with E-state index >= 15 is 0 Å². The smallest absolute Gasteiger partial charge is 0.485 e. The van der Waals surface area contributed by atoms with Crippen molar-refractivity contribution in [3.8, 4) is 0 Å². The van der Waals surface area contributed by atoms with E-state index in [0.29, 0.717) is 0 Å². The maximum Gasteiger partial charge on any atom is 0.485 e. The van der Waals surface area contributed by atoms with E-state index in [4.69, 9.17) is 25.9 Å². The van der Waals surface area contributed by atoms with Gasteiger partial charge in [-0.3, -0.25) is 0 Å². The van der Waals surface area contributed by atoms with Gasteiger partial charge in [-0.15, -0.1) is 0 Å². The summed E-state index contributed by atoms with van der Waals surface area (Å²) in [5.74, 6) is 1.37. The summed E-state index contributed by atoms with van der Waals surface area (Å²) in [5, 5.41) is 6.11. The third-order valence-corrected chi connectivity index (χ3v) is 29.9. The SMILES string of the molecule is C[P+](C)(C[P+](C)(C)P(c1ccccc1)c1ccccc1)P(c1ccccc1)c1ccccc1.O=S(=O)([O-])C(F)(F)F.O=S(=O)([O-])C(F)(F)F. The molecule has 4 aromatic rings. The van der Waals surface area contributed by atoms with Gasteiger partial charge in [0.05, 0.1) is 40.6 Å². The minimum atomic E-state index is -6.09. The molecule has 0 radical (unpaired) electrons. The summed E-state index contributed by atoms with van der Waals surface area (Å²) >= 11 is 0. The summed E-state index contributed by atoms with van der Waals surface area (Å²) in [6.45, 7) is 7.95. The van der Waals surface area contributed by atoms with Crippen molar-refractivity contribution in [1.82, 2.24) is 0 Å². The Bertz CT molecular complexity index is 1600. The Morgan fingerprint density at radius 2 is 0.633 bits per heavy atom. The first-order valence-corrected chi connectivity index (χ1v) is 26.5. The molecule has 0 aliphatic rings. The lowest BCUT2D eigenvalue weighted by molar-refractivity contribution is -0.0522. The van der Waals surface area contributed by atoms with E-state index < -0.39 is 45.2 Å². The molecule has 268 valence electrons. The lowest BCUT2D eigenvalue weighted by atomic mass is 10.4. The molecule has 0 unspecified atom stereocenters. The van der Waals surface area contributed by atoms with Crippen molar-refractivity contribution in [2.75, 3.05) is 32.6 Å². The quantitative estimate of drug-likeness (QED) is 0.0781. The Morgan fingerprint density at radius 1 is 0.469 bits per heavy atom. The van der Waals surface area contributed by atoms with Crippen LogP contribution >= 0.6 is 29.1 Å². The molecular formula is C31H34F6O6P4S2. The first-order chi connectivity index (χ1) is 22.4. The van der Waals surface area contributed by atoms with Crippen molar-refractivity contribution in [2.45, 2.75) is 11.0 Å². The molecule has 0 bridgehead atoms. The van der Waals surface area contributed by atoms with Gasteiger partial charge in [-0.2, -0.15) is 26.3 Å². The normalized spacial score (nSPS) is 12.9. The molecule has 0 saturated carbocycles.